The molecule has 0 N–H and O–H groups in total. The SMILES string of the molecule is C1=C[PH2+]C=C1.[Sn]. The van der Waals surface area contributed by atoms with Crippen LogP contribution in [0.5, 0.6) is 0 Å². The Morgan fingerprint density at radius 1 is 1.00 bits per heavy atom. The number of rotatable bonds is 0. The molecule has 0 unspecified atom stereocenters. The number of allylic oxidation sites excluding steroid dienone is 2. The molecule has 1 rings (SSSR count). The summed E-state index contributed by atoms with van der Waals surface area (Å²) in [6.45, 7) is 0. The third-order valence-corrected chi connectivity index (χ3v) is 1.44. The van der Waals surface area contributed by atoms with Gasteiger partial charge in [0.05, 0.1) is 11.6 Å². The van der Waals surface area contributed by atoms with Gasteiger partial charge in [0.15, 0.2) is 0 Å². The molecule has 0 spiro atoms. The molecule has 0 saturated heterocycles. The topological polar surface area (TPSA) is 0 Å². The number of hydrogen-bond donors (Lipinski definition) is 0. The van der Waals surface area contributed by atoms with E-state index in [0.29, 0.717) is 8.58 Å². The Balaban J connectivity index is 0.000000250. The van der Waals surface area contributed by atoms with Crippen LogP contribution in [0.3, 0.4) is 0 Å². The summed E-state index contributed by atoms with van der Waals surface area (Å²) >= 11 is 0. The third kappa shape index (κ3) is 1.99. The first-order valence-corrected chi connectivity index (χ1v) is 3.00. The van der Waals surface area contributed by atoms with Crippen LogP contribution < -0.4 is 0 Å². The van der Waals surface area contributed by atoms with Crippen molar-refractivity contribution in [1.29, 1.82) is 0 Å². The molecule has 0 saturated carbocycles. The second kappa shape index (κ2) is 3.88. The third-order valence-electron chi connectivity index (χ3n) is 0.556. The Morgan fingerprint density at radius 3 is 1.67 bits per heavy atom. The molecule has 2 heteroatoms. The van der Waals surface area contributed by atoms with Crippen molar-refractivity contribution in [2.45, 2.75) is 0 Å². The van der Waals surface area contributed by atoms with E-state index in [0.717, 1.165) is 0 Å². The Kier molecular flexibility index (Phi) is 4.34. The molecule has 1 aliphatic rings. The van der Waals surface area contributed by atoms with Crippen LogP contribution in [-0.2, 0) is 0 Å². The molecule has 4 radical (unpaired) electrons. The van der Waals surface area contributed by atoms with Gasteiger partial charge in [-0.15, -0.1) is 0 Å². The van der Waals surface area contributed by atoms with Gasteiger partial charge < -0.3 is 0 Å². The van der Waals surface area contributed by atoms with E-state index in [2.05, 4.69) is 23.8 Å². The zero-order valence-corrected chi connectivity index (χ0v) is 7.40. The van der Waals surface area contributed by atoms with Gasteiger partial charge in [-0.3, -0.25) is 0 Å². The molecule has 0 nitrogen and oxygen atoms in total. The van der Waals surface area contributed by atoms with Crippen LogP contribution in [0.4, 0.5) is 0 Å². The summed E-state index contributed by atoms with van der Waals surface area (Å²) in [6.07, 6.45) is 4.19. The average Bonchev–Trinajstić information content (AvgIpc) is 1.76. The summed E-state index contributed by atoms with van der Waals surface area (Å²) in [5.41, 5.74) is 0. The average molecular weight is 204 g/mol. The normalized spacial score (nSPS) is 14.7. The zero-order valence-electron chi connectivity index (χ0n) is 3.39. The summed E-state index contributed by atoms with van der Waals surface area (Å²) in [4.78, 5) is 0. The van der Waals surface area contributed by atoms with E-state index >= 15 is 0 Å². The molecule has 1 heterocycles. The van der Waals surface area contributed by atoms with Crippen molar-refractivity contribution in [3.8, 4) is 0 Å². The quantitative estimate of drug-likeness (QED) is 0.408. The summed E-state index contributed by atoms with van der Waals surface area (Å²) < 4.78 is 0. The molecule has 0 fully saturated rings. The van der Waals surface area contributed by atoms with Crippen molar-refractivity contribution < 1.29 is 0 Å². The zero-order chi connectivity index (χ0) is 3.54. The summed E-state index contributed by atoms with van der Waals surface area (Å²) in [7, 11) is 0.565. The minimum absolute atomic E-state index is 0. The molecule has 0 amide bonds. The second-order valence-electron chi connectivity index (χ2n) is 0.962. The van der Waals surface area contributed by atoms with Crippen LogP contribution in [0.25, 0.3) is 0 Å². The molecular formula is C4H6PSn+. The van der Waals surface area contributed by atoms with E-state index in [4.69, 9.17) is 0 Å². The predicted octanol–water partition coefficient (Wildman–Crippen LogP) is 1.06. The minimum Gasteiger partial charge on any atom is -0.0240 e. The van der Waals surface area contributed by atoms with Crippen molar-refractivity contribution in [2.24, 2.45) is 0 Å². The summed E-state index contributed by atoms with van der Waals surface area (Å²) in [6, 6.07) is 0. The first-order valence-electron chi connectivity index (χ1n) is 1.67. The Hall–Kier alpha value is 0.709. The van der Waals surface area contributed by atoms with Crippen LogP contribution in [0.15, 0.2) is 23.8 Å². The van der Waals surface area contributed by atoms with Gasteiger partial charge in [0.2, 0.25) is 0 Å². The van der Waals surface area contributed by atoms with Crippen LogP contribution in [0.1, 0.15) is 0 Å². The van der Waals surface area contributed by atoms with Gasteiger partial charge >= 0.3 is 0 Å². The molecule has 0 atom stereocenters. The van der Waals surface area contributed by atoms with Crippen molar-refractivity contribution in [1.82, 2.24) is 0 Å². The molecular weight excluding hydrogens is 198 g/mol. The van der Waals surface area contributed by atoms with E-state index in [-0.39, 0.29) is 23.9 Å². The maximum Gasteiger partial charge on any atom is 0.0585 e. The van der Waals surface area contributed by atoms with Crippen LogP contribution >= 0.6 is 8.58 Å². The maximum atomic E-state index is 2.21. The van der Waals surface area contributed by atoms with Gasteiger partial charge in [-0.25, -0.2) is 0 Å². The minimum atomic E-state index is 0. The van der Waals surface area contributed by atoms with Crippen molar-refractivity contribution in [3.05, 3.63) is 23.8 Å². The fraction of sp³-hybridized carbons (Fsp3) is 0. The predicted molar refractivity (Wildman–Crippen MR) is 33.7 cm³/mol. The van der Waals surface area contributed by atoms with E-state index in [1.165, 1.54) is 0 Å². The fourth-order valence-electron chi connectivity index (χ4n) is 0.321. The Bertz CT molecular complexity index is 65.6. The molecule has 0 bridgehead atoms. The van der Waals surface area contributed by atoms with Gasteiger partial charge in [-0.1, -0.05) is 0 Å². The first-order chi connectivity index (χ1) is 2.50. The van der Waals surface area contributed by atoms with E-state index < -0.39 is 0 Å². The summed E-state index contributed by atoms with van der Waals surface area (Å²) in [5, 5.41) is 0. The van der Waals surface area contributed by atoms with Gasteiger partial charge in [-0.2, -0.15) is 0 Å². The van der Waals surface area contributed by atoms with E-state index in [1.54, 1.807) is 0 Å². The van der Waals surface area contributed by atoms with Gasteiger partial charge in [0, 0.05) is 32.5 Å². The fourth-order valence-corrected chi connectivity index (χ4v) is 0.962. The van der Waals surface area contributed by atoms with Crippen molar-refractivity contribution in [2.75, 3.05) is 0 Å². The molecule has 0 aromatic heterocycles. The standard InChI is InChI=1S/C4H5P.Sn/c1-2-4-5-3-1;/h1-5H;/p+1. The molecule has 6 heavy (non-hydrogen) atoms. The van der Waals surface area contributed by atoms with Gasteiger partial charge in [0.1, 0.15) is 0 Å². The molecule has 0 aromatic rings. The smallest absolute Gasteiger partial charge is 0.0240 e. The van der Waals surface area contributed by atoms with Crippen molar-refractivity contribution in [3.63, 3.8) is 0 Å². The first kappa shape index (κ1) is 6.71. The van der Waals surface area contributed by atoms with Crippen LogP contribution in [0, 0.1) is 0 Å². The largest absolute Gasteiger partial charge is 0.0585 e. The maximum absolute atomic E-state index is 2.21. The molecule has 30 valence electrons. The van der Waals surface area contributed by atoms with Gasteiger partial charge in [-0.05, 0) is 12.2 Å². The van der Waals surface area contributed by atoms with Crippen molar-refractivity contribution >= 4 is 32.5 Å². The van der Waals surface area contributed by atoms with E-state index in [9.17, 15) is 0 Å². The number of hydrogen-bond acceptors (Lipinski definition) is 0. The molecule has 1 aliphatic heterocycles. The van der Waals surface area contributed by atoms with Crippen LogP contribution in [-0.4, -0.2) is 23.9 Å². The monoisotopic (exact) mass is 205 g/mol. The Labute approximate surface area is 56.4 Å². The van der Waals surface area contributed by atoms with Crippen LogP contribution in [0.2, 0.25) is 0 Å². The Morgan fingerprint density at radius 2 is 1.50 bits per heavy atom. The van der Waals surface area contributed by atoms with E-state index in [1.807, 2.05) is 0 Å². The van der Waals surface area contributed by atoms with Gasteiger partial charge in [0.25, 0.3) is 0 Å². The summed E-state index contributed by atoms with van der Waals surface area (Å²) in [5.74, 6) is 4.42. The molecule has 0 aliphatic carbocycles. The molecule has 0 aromatic carbocycles. The second-order valence-corrected chi connectivity index (χ2v) is 2.12.